The Hall–Kier alpha value is -3.61. The van der Waals surface area contributed by atoms with Gasteiger partial charge in [-0.05, 0) is 42.8 Å². The van der Waals surface area contributed by atoms with E-state index in [1.165, 1.54) is 6.07 Å². The summed E-state index contributed by atoms with van der Waals surface area (Å²) in [5, 5.41) is 15.4. The molecule has 0 radical (unpaired) electrons. The summed E-state index contributed by atoms with van der Waals surface area (Å²) < 4.78 is 15.4. The van der Waals surface area contributed by atoms with Crippen LogP contribution in [0.5, 0.6) is 0 Å². The highest BCUT2D eigenvalue weighted by Gasteiger charge is 2.10. The zero-order chi connectivity index (χ0) is 18.8. The van der Waals surface area contributed by atoms with Gasteiger partial charge >= 0.3 is 0 Å². The Labute approximate surface area is 154 Å². The first-order valence-corrected chi connectivity index (χ1v) is 8.43. The monoisotopic (exact) mass is 361 g/mol. The summed E-state index contributed by atoms with van der Waals surface area (Å²) in [5.74, 6) is 0.0275. The molecular weight excluding hydrogens is 345 g/mol. The molecule has 1 amide bonds. The molecular formula is C20H16FN5O. The van der Waals surface area contributed by atoms with Crippen molar-refractivity contribution in [1.82, 2.24) is 19.8 Å². The number of aryl methyl sites for hydroxylation is 1. The van der Waals surface area contributed by atoms with Crippen LogP contribution in [0.2, 0.25) is 0 Å². The average Bonchev–Trinajstić information content (AvgIpc) is 3.04. The fraction of sp³-hybridized carbons (Fsp3) is 0.100. The number of hydrogen-bond donors (Lipinski definition) is 1. The van der Waals surface area contributed by atoms with E-state index in [-0.39, 0.29) is 18.1 Å². The van der Waals surface area contributed by atoms with Gasteiger partial charge in [0, 0.05) is 11.3 Å². The van der Waals surface area contributed by atoms with Crippen LogP contribution in [-0.2, 0) is 11.2 Å². The van der Waals surface area contributed by atoms with Crippen LogP contribution in [0.1, 0.15) is 11.4 Å². The second-order valence-electron chi connectivity index (χ2n) is 6.13. The lowest BCUT2D eigenvalue weighted by Gasteiger charge is -2.08. The third-order valence-corrected chi connectivity index (χ3v) is 4.17. The lowest BCUT2D eigenvalue weighted by molar-refractivity contribution is -0.115. The standard InChI is InChI=1S/C20H16FN5O/c1-13-23-24-19-10-9-18(25-26(13)19)15-6-4-7-16(11-15)22-20(27)12-14-5-2-3-8-17(14)21/h2-11H,12H2,1H3,(H,22,27). The second kappa shape index (κ2) is 6.95. The molecule has 0 aliphatic carbocycles. The number of hydrogen-bond acceptors (Lipinski definition) is 4. The number of rotatable bonds is 4. The van der Waals surface area contributed by atoms with Crippen molar-refractivity contribution in [3.63, 3.8) is 0 Å². The molecule has 2 aromatic heterocycles. The van der Waals surface area contributed by atoms with Gasteiger partial charge in [-0.3, -0.25) is 4.79 Å². The predicted molar refractivity (Wildman–Crippen MR) is 99.7 cm³/mol. The van der Waals surface area contributed by atoms with Gasteiger partial charge in [0.1, 0.15) is 5.82 Å². The van der Waals surface area contributed by atoms with Gasteiger partial charge in [-0.15, -0.1) is 10.2 Å². The number of anilines is 1. The molecule has 4 aromatic rings. The van der Waals surface area contributed by atoms with Crippen LogP contribution in [-0.4, -0.2) is 25.7 Å². The summed E-state index contributed by atoms with van der Waals surface area (Å²) in [6.07, 6.45) is -0.0268. The van der Waals surface area contributed by atoms with Crippen molar-refractivity contribution in [2.45, 2.75) is 13.3 Å². The van der Waals surface area contributed by atoms with E-state index in [0.29, 0.717) is 22.7 Å². The maximum atomic E-state index is 13.7. The molecule has 134 valence electrons. The van der Waals surface area contributed by atoms with E-state index in [0.717, 1.165) is 11.3 Å². The maximum Gasteiger partial charge on any atom is 0.228 e. The van der Waals surface area contributed by atoms with E-state index in [9.17, 15) is 9.18 Å². The Morgan fingerprint density at radius 2 is 1.93 bits per heavy atom. The zero-order valence-electron chi connectivity index (χ0n) is 14.6. The molecule has 0 saturated heterocycles. The summed E-state index contributed by atoms with van der Waals surface area (Å²) in [6, 6.07) is 17.3. The largest absolute Gasteiger partial charge is 0.326 e. The Bertz CT molecular complexity index is 1140. The van der Waals surface area contributed by atoms with Crippen LogP contribution in [0.15, 0.2) is 60.7 Å². The summed E-state index contributed by atoms with van der Waals surface area (Å²) in [6.45, 7) is 1.83. The zero-order valence-corrected chi connectivity index (χ0v) is 14.6. The fourth-order valence-electron chi connectivity index (χ4n) is 2.83. The second-order valence-corrected chi connectivity index (χ2v) is 6.13. The Balaban J connectivity index is 1.55. The minimum absolute atomic E-state index is 0.0268. The van der Waals surface area contributed by atoms with Gasteiger partial charge in [-0.1, -0.05) is 30.3 Å². The third-order valence-electron chi connectivity index (χ3n) is 4.17. The van der Waals surface area contributed by atoms with Gasteiger partial charge < -0.3 is 5.32 Å². The highest BCUT2D eigenvalue weighted by Crippen LogP contribution is 2.21. The lowest BCUT2D eigenvalue weighted by atomic mass is 10.1. The minimum Gasteiger partial charge on any atom is -0.326 e. The van der Waals surface area contributed by atoms with Crippen molar-refractivity contribution < 1.29 is 9.18 Å². The van der Waals surface area contributed by atoms with Gasteiger partial charge in [0.2, 0.25) is 5.91 Å². The normalized spacial score (nSPS) is 10.9. The quantitative estimate of drug-likeness (QED) is 0.605. The molecule has 0 fully saturated rings. The van der Waals surface area contributed by atoms with E-state index in [4.69, 9.17) is 0 Å². The smallest absolute Gasteiger partial charge is 0.228 e. The van der Waals surface area contributed by atoms with Crippen LogP contribution in [0.3, 0.4) is 0 Å². The summed E-state index contributed by atoms with van der Waals surface area (Å²) in [4.78, 5) is 12.3. The van der Waals surface area contributed by atoms with Crippen LogP contribution >= 0.6 is 0 Å². The first kappa shape index (κ1) is 16.8. The molecule has 0 atom stereocenters. The number of carbonyl (C=O) groups is 1. The molecule has 7 heteroatoms. The van der Waals surface area contributed by atoms with Crippen molar-refractivity contribution in [3.8, 4) is 11.3 Å². The van der Waals surface area contributed by atoms with E-state index in [1.807, 2.05) is 37.3 Å². The van der Waals surface area contributed by atoms with Crippen molar-refractivity contribution in [3.05, 3.63) is 77.9 Å². The average molecular weight is 361 g/mol. The highest BCUT2D eigenvalue weighted by molar-refractivity contribution is 5.92. The summed E-state index contributed by atoms with van der Waals surface area (Å²) in [5.41, 5.74) is 3.23. The number of nitrogens with one attached hydrogen (secondary N) is 1. The topological polar surface area (TPSA) is 72.2 Å². The SMILES string of the molecule is Cc1nnc2ccc(-c3cccc(NC(=O)Cc4ccccc4F)c3)nn12. The van der Waals surface area contributed by atoms with Gasteiger partial charge in [-0.25, -0.2) is 4.39 Å². The van der Waals surface area contributed by atoms with Crippen molar-refractivity contribution in [2.75, 3.05) is 5.32 Å². The molecule has 2 aromatic carbocycles. The molecule has 27 heavy (non-hydrogen) atoms. The van der Waals surface area contributed by atoms with Gasteiger partial charge in [0.05, 0.1) is 12.1 Å². The Morgan fingerprint density at radius 3 is 2.78 bits per heavy atom. The molecule has 0 bridgehead atoms. The Morgan fingerprint density at radius 1 is 1.07 bits per heavy atom. The third kappa shape index (κ3) is 3.52. The van der Waals surface area contributed by atoms with Crippen LogP contribution in [0, 0.1) is 12.7 Å². The molecule has 0 unspecified atom stereocenters. The van der Waals surface area contributed by atoms with Crippen LogP contribution < -0.4 is 5.32 Å². The number of fused-ring (bicyclic) bond motifs is 1. The summed E-state index contributed by atoms with van der Waals surface area (Å²) in [7, 11) is 0. The molecule has 0 saturated carbocycles. The van der Waals surface area contributed by atoms with E-state index in [1.54, 1.807) is 28.8 Å². The van der Waals surface area contributed by atoms with Crippen molar-refractivity contribution in [1.29, 1.82) is 0 Å². The van der Waals surface area contributed by atoms with E-state index >= 15 is 0 Å². The molecule has 0 aliphatic heterocycles. The predicted octanol–water partition coefficient (Wildman–Crippen LogP) is 3.42. The Kier molecular flexibility index (Phi) is 4.33. The van der Waals surface area contributed by atoms with Crippen molar-refractivity contribution >= 4 is 17.2 Å². The molecule has 2 heterocycles. The molecule has 0 spiro atoms. The maximum absolute atomic E-state index is 13.7. The van der Waals surface area contributed by atoms with Gasteiger partial charge in [0.15, 0.2) is 11.5 Å². The molecule has 4 rings (SSSR count). The van der Waals surface area contributed by atoms with Crippen molar-refractivity contribution in [2.24, 2.45) is 0 Å². The van der Waals surface area contributed by atoms with E-state index in [2.05, 4.69) is 20.6 Å². The highest BCUT2D eigenvalue weighted by atomic mass is 19.1. The van der Waals surface area contributed by atoms with E-state index < -0.39 is 0 Å². The summed E-state index contributed by atoms with van der Waals surface area (Å²) >= 11 is 0. The number of halogens is 1. The minimum atomic E-state index is -0.386. The van der Waals surface area contributed by atoms with Crippen LogP contribution in [0.4, 0.5) is 10.1 Å². The lowest BCUT2D eigenvalue weighted by Crippen LogP contribution is -2.15. The number of aromatic nitrogens is 4. The number of benzene rings is 2. The van der Waals surface area contributed by atoms with Gasteiger partial charge in [-0.2, -0.15) is 9.61 Å². The number of nitrogens with zero attached hydrogens (tertiary/aromatic N) is 4. The first-order valence-electron chi connectivity index (χ1n) is 8.43. The molecule has 1 N–H and O–H groups in total. The number of amides is 1. The first-order chi connectivity index (χ1) is 13.1. The van der Waals surface area contributed by atoms with Crippen LogP contribution in [0.25, 0.3) is 16.9 Å². The molecule has 6 nitrogen and oxygen atoms in total. The number of carbonyl (C=O) groups excluding carboxylic acids is 1. The fourth-order valence-corrected chi connectivity index (χ4v) is 2.83. The van der Waals surface area contributed by atoms with Gasteiger partial charge in [0.25, 0.3) is 0 Å². The molecule has 0 aliphatic rings.